The minimum atomic E-state index is -0.156. The van der Waals surface area contributed by atoms with Gasteiger partial charge in [-0.15, -0.1) is 0 Å². The van der Waals surface area contributed by atoms with Gasteiger partial charge in [-0.2, -0.15) is 0 Å². The highest BCUT2D eigenvalue weighted by atomic mass is 16.5. The lowest BCUT2D eigenvalue weighted by molar-refractivity contribution is -0.148. The van der Waals surface area contributed by atoms with Crippen LogP contribution in [0.1, 0.15) is 29.0 Å². The van der Waals surface area contributed by atoms with E-state index in [0.717, 1.165) is 12.8 Å². The van der Waals surface area contributed by atoms with Crippen LogP contribution in [0.25, 0.3) is 0 Å². The monoisotopic (exact) mass is 331 g/mol. The zero-order chi connectivity index (χ0) is 16.8. The van der Waals surface area contributed by atoms with Crippen molar-refractivity contribution >= 4 is 5.91 Å². The van der Waals surface area contributed by atoms with Gasteiger partial charge in [0, 0.05) is 18.5 Å². The Morgan fingerprint density at radius 3 is 2.72 bits per heavy atom. The van der Waals surface area contributed by atoms with Crippen LogP contribution >= 0.6 is 0 Å². The van der Waals surface area contributed by atoms with E-state index in [4.69, 9.17) is 4.74 Å². The fraction of sp³-hybridized carbons (Fsp3) is 0.318. The Morgan fingerprint density at radius 1 is 1.04 bits per heavy atom. The molecule has 126 valence electrons. The number of piperidine rings is 1. The minimum Gasteiger partial charge on any atom is -0.496 e. The molecule has 2 heterocycles. The maximum absolute atomic E-state index is 13.2. The average Bonchev–Trinajstić information content (AvgIpc) is 3.15. The number of rotatable bonds is 2. The van der Waals surface area contributed by atoms with Crippen molar-refractivity contribution in [3.63, 3.8) is 0 Å². The molecule has 25 heavy (non-hydrogen) atoms. The Labute approximate surface area is 147 Å². The standard InChI is InChI=1S/C22H21NO2/c24-22-18-12-13-25-21(18)20-17-9-5-4-8-16(17)10-11-19(20)23(22)14-15-6-2-1-3-7-15/h1-9,12-13,18-21H,10-11,14H2/t18-,19-,20+,21+/m1/s1. The Balaban J connectivity index is 1.56. The molecule has 5 rings (SSSR count). The summed E-state index contributed by atoms with van der Waals surface area (Å²) in [6.45, 7) is 0.681. The van der Waals surface area contributed by atoms with Gasteiger partial charge in [0.2, 0.25) is 5.91 Å². The maximum atomic E-state index is 13.2. The van der Waals surface area contributed by atoms with Crippen LogP contribution in [0, 0.1) is 5.92 Å². The number of hydrogen-bond donors (Lipinski definition) is 0. The highest BCUT2D eigenvalue weighted by molar-refractivity contribution is 5.83. The molecule has 0 bridgehead atoms. The third kappa shape index (κ3) is 2.30. The largest absolute Gasteiger partial charge is 0.496 e. The first-order valence-corrected chi connectivity index (χ1v) is 9.07. The van der Waals surface area contributed by atoms with Crippen molar-refractivity contribution in [2.75, 3.05) is 0 Å². The molecule has 3 aliphatic rings. The molecule has 1 fully saturated rings. The Hall–Kier alpha value is -2.55. The number of amides is 1. The molecule has 0 aromatic heterocycles. The van der Waals surface area contributed by atoms with Crippen LogP contribution in [0.4, 0.5) is 0 Å². The molecule has 0 N–H and O–H groups in total. The van der Waals surface area contributed by atoms with Crippen LogP contribution in [0.3, 0.4) is 0 Å². The summed E-state index contributed by atoms with van der Waals surface area (Å²) in [6.07, 6.45) is 5.66. The van der Waals surface area contributed by atoms with E-state index in [-0.39, 0.29) is 29.9 Å². The van der Waals surface area contributed by atoms with E-state index in [2.05, 4.69) is 41.3 Å². The van der Waals surface area contributed by atoms with E-state index in [0.29, 0.717) is 6.54 Å². The number of nitrogens with zero attached hydrogens (tertiary/aromatic N) is 1. The summed E-state index contributed by atoms with van der Waals surface area (Å²) in [5.74, 6) is 0.311. The number of carbonyl (C=O) groups is 1. The highest BCUT2D eigenvalue weighted by Crippen LogP contribution is 2.46. The first kappa shape index (κ1) is 14.8. The van der Waals surface area contributed by atoms with E-state index >= 15 is 0 Å². The van der Waals surface area contributed by atoms with Gasteiger partial charge in [-0.25, -0.2) is 0 Å². The minimum absolute atomic E-state index is 0.0500. The van der Waals surface area contributed by atoms with Gasteiger partial charge in [-0.3, -0.25) is 4.79 Å². The number of aryl methyl sites for hydroxylation is 1. The zero-order valence-corrected chi connectivity index (χ0v) is 14.0. The van der Waals surface area contributed by atoms with E-state index in [9.17, 15) is 4.79 Å². The first-order chi connectivity index (χ1) is 12.3. The van der Waals surface area contributed by atoms with Gasteiger partial charge in [-0.1, -0.05) is 54.6 Å². The molecule has 3 nitrogen and oxygen atoms in total. The highest BCUT2D eigenvalue weighted by Gasteiger charge is 2.52. The quantitative estimate of drug-likeness (QED) is 0.840. The van der Waals surface area contributed by atoms with Crippen LogP contribution in [0.15, 0.2) is 66.9 Å². The van der Waals surface area contributed by atoms with E-state index in [1.54, 1.807) is 6.26 Å². The van der Waals surface area contributed by atoms with Crippen molar-refractivity contribution in [3.05, 3.63) is 83.6 Å². The molecule has 3 heteroatoms. The van der Waals surface area contributed by atoms with Crippen LogP contribution in [-0.4, -0.2) is 23.0 Å². The topological polar surface area (TPSA) is 29.5 Å². The first-order valence-electron chi connectivity index (χ1n) is 9.07. The fourth-order valence-corrected chi connectivity index (χ4v) is 4.80. The lowest BCUT2D eigenvalue weighted by atomic mass is 9.70. The van der Waals surface area contributed by atoms with Crippen molar-refractivity contribution in [1.82, 2.24) is 4.90 Å². The summed E-state index contributed by atoms with van der Waals surface area (Å²) in [5, 5.41) is 0. The molecular weight excluding hydrogens is 310 g/mol. The van der Waals surface area contributed by atoms with Gasteiger partial charge in [0.05, 0.1) is 12.2 Å². The second-order valence-corrected chi connectivity index (χ2v) is 7.24. The molecule has 4 atom stereocenters. The van der Waals surface area contributed by atoms with E-state index in [1.165, 1.54) is 16.7 Å². The molecule has 0 radical (unpaired) electrons. The lowest BCUT2D eigenvalue weighted by Crippen LogP contribution is -2.57. The predicted octanol–water partition coefficient (Wildman–Crippen LogP) is 3.66. The summed E-state index contributed by atoms with van der Waals surface area (Å²) < 4.78 is 5.92. The molecule has 1 aliphatic carbocycles. The molecule has 2 aliphatic heterocycles. The number of carbonyl (C=O) groups excluding carboxylic acids is 1. The third-order valence-electron chi connectivity index (χ3n) is 5.93. The molecule has 1 saturated heterocycles. The van der Waals surface area contributed by atoms with Gasteiger partial charge in [0.1, 0.15) is 6.10 Å². The third-order valence-corrected chi connectivity index (χ3v) is 5.93. The number of hydrogen-bond acceptors (Lipinski definition) is 2. The van der Waals surface area contributed by atoms with Crippen molar-refractivity contribution in [2.45, 2.75) is 37.5 Å². The van der Waals surface area contributed by atoms with Crippen molar-refractivity contribution in [3.8, 4) is 0 Å². The van der Waals surface area contributed by atoms with Gasteiger partial charge < -0.3 is 9.64 Å². The molecule has 0 unspecified atom stereocenters. The molecule has 0 spiro atoms. The van der Waals surface area contributed by atoms with Gasteiger partial charge in [0.15, 0.2) is 0 Å². The van der Waals surface area contributed by atoms with Crippen molar-refractivity contribution in [2.24, 2.45) is 5.92 Å². The summed E-state index contributed by atoms with van der Waals surface area (Å²) >= 11 is 0. The summed E-state index contributed by atoms with van der Waals surface area (Å²) in [4.78, 5) is 15.3. The number of ether oxygens (including phenoxy) is 1. The van der Waals surface area contributed by atoms with Crippen LogP contribution in [0.2, 0.25) is 0 Å². The Bertz CT molecular complexity index is 829. The van der Waals surface area contributed by atoms with Crippen molar-refractivity contribution in [1.29, 1.82) is 0 Å². The van der Waals surface area contributed by atoms with Crippen LogP contribution < -0.4 is 0 Å². The summed E-state index contributed by atoms with van der Waals surface area (Å²) in [5.41, 5.74) is 3.96. The second kappa shape index (κ2) is 5.76. The molecular formula is C22H21NO2. The fourth-order valence-electron chi connectivity index (χ4n) is 4.80. The van der Waals surface area contributed by atoms with Crippen molar-refractivity contribution < 1.29 is 9.53 Å². The SMILES string of the molecule is O=C1[C@@H]2C=CO[C@@H]2[C@H]2c3ccccc3CC[C@H]2N1Cc1ccccc1. The van der Waals surface area contributed by atoms with Gasteiger partial charge in [-0.05, 0) is 35.6 Å². The molecule has 1 amide bonds. The van der Waals surface area contributed by atoms with Gasteiger partial charge >= 0.3 is 0 Å². The molecule has 2 aromatic rings. The average molecular weight is 331 g/mol. The number of benzene rings is 2. The smallest absolute Gasteiger partial charge is 0.233 e. The normalized spacial score (nSPS) is 29.6. The van der Waals surface area contributed by atoms with Crippen LogP contribution in [-0.2, 0) is 22.5 Å². The number of fused-ring (bicyclic) bond motifs is 5. The van der Waals surface area contributed by atoms with Gasteiger partial charge in [0.25, 0.3) is 0 Å². The Morgan fingerprint density at radius 2 is 1.84 bits per heavy atom. The lowest BCUT2D eigenvalue weighted by Gasteiger charge is -2.49. The van der Waals surface area contributed by atoms with E-state index < -0.39 is 0 Å². The maximum Gasteiger partial charge on any atom is 0.233 e. The summed E-state index contributed by atoms with van der Waals surface area (Å²) in [6, 6.07) is 19.2. The molecule has 2 aromatic carbocycles. The Kier molecular flexibility index (Phi) is 3.40. The van der Waals surface area contributed by atoms with E-state index in [1.807, 2.05) is 24.3 Å². The summed E-state index contributed by atoms with van der Waals surface area (Å²) in [7, 11) is 0. The number of likely N-dealkylation sites (tertiary alicyclic amines) is 1. The molecule has 0 saturated carbocycles. The van der Waals surface area contributed by atoms with Crippen LogP contribution in [0.5, 0.6) is 0 Å². The second-order valence-electron chi connectivity index (χ2n) is 7.24. The predicted molar refractivity (Wildman–Crippen MR) is 95.8 cm³/mol. The zero-order valence-electron chi connectivity index (χ0n) is 14.0.